The van der Waals surface area contributed by atoms with Gasteiger partial charge >= 0.3 is 0 Å². The SMILES string of the molecule is COc1ccc([C@@H](CNC(=O)c2cccc(S(=O)(=O)N3CCC[C@@H](C)C3)c2)N2CCCCC2)cc1. The van der Waals surface area contributed by atoms with E-state index in [2.05, 4.69) is 29.3 Å². The second-order valence-corrected chi connectivity index (χ2v) is 11.7. The number of amides is 1. The monoisotopic (exact) mass is 499 g/mol. The van der Waals surface area contributed by atoms with Gasteiger partial charge in [0.25, 0.3) is 5.91 Å². The van der Waals surface area contributed by atoms with Gasteiger partial charge in [0.15, 0.2) is 0 Å². The van der Waals surface area contributed by atoms with Crippen LogP contribution >= 0.6 is 0 Å². The van der Waals surface area contributed by atoms with E-state index < -0.39 is 10.0 Å². The third kappa shape index (κ3) is 6.23. The molecule has 0 aromatic heterocycles. The summed E-state index contributed by atoms with van der Waals surface area (Å²) in [5.74, 6) is 0.885. The topological polar surface area (TPSA) is 78.9 Å². The normalized spacial score (nSPS) is 20.8. The van der Waals surface area contributed by atoms with E-state index in [1.54, 1.807) is 29.6 Å². The van der Waals surface area contributed by atoms with Gasteiger partial charge in [-0.1, -0.05) is 31.5 Å². The molecule has 0 saturated carbocycles. The molecule has 2 aromatic carbocycles. The Bertz CT molecular complexity index is 1100. The third-order valence-corrected chi connectivity index (χ3v) is 9.00. The number of piperidine rings is 2. The molecule has 0 bridgehead atoms. The second kappa shape index (κ2) is 11.5. The summed E-state index contributed by atoms with van der Waals surface area (Å²) in [5.41, 5.74) is 1.49. The average molecular weight is 500 g/mol. The number of benzene rings is 2. The predicted molar refractivity (Wildman–Crippen MR) is 137 cm³/mol. The van der Waals surface area contributed by atoms with Crippen LogP contribution < -0.4 is 10.1 Å². The van der Waals surface area contributed by atoms with Crippen molar-refractivity contribution in [3.05, 3.63) is 59.7 Å². The van der Waals surface area contributed by atoms with Crippen LogP contribution in [0.3, 0.4) is 0 Å². The van der Waals surface area contributed by atoms with Crippen molar-refractivity contribution in [2.24, 2.45) is 5.92 Å². The number of nitrogens with one attached hydrogen (secondary N) is 1. The van der Waals surface area contributed by atoms with Gasteiger partial charge in [0.2, 0.25) is 10.0 Å². The van der Waals surface area contributed by atoms with Crippen molar-refractivity contribution in [3.63, 3.8) is 0 Å². The first kappa shape index (κ1) is 25.7. The fraction of sp³-hybridized carbons (Fsp3) is 0.519. The van der Waals surface area contributed by atoms with Gasteiger partial charge in [0.1, 0.15) is 5.75 Å². The molecule has 7 nitrogen and oxygen atoms in total. The highest BCUT2D eigenvalue weighted by Crippen LogP contribution is 2.27. The number of likely N-dealkylation sites (tertiary alicyclic amines) is 1. The molecule has 2 fully saturated rings. The Morgan fingerprint density at radius 3 is 2.49 bits per heavy atom. The predicted octanol–water partition coefficient (Wildman–Crippen LogP) is 4.07. The maximum Gasteiger partial charge on any atom is 0.251 e. The number of rotatable bonds is 8. The minimum absolute atomic E-state index is 0.0481. The van der Waals surface area contributed by atoms with E-state index in [1.165, 1.54) is 12.5 Å². The fourth-order valence-electron chi connectivity index (χ4n) is 5.12. The Hall–Kier alpha value is -2.42. The molecule has 2 aliphatic heterocycles. The Morgan fingerprint density at radius 1 is 1.06 bits per heavy atom. The fourth-order valence-corrected chi connectivity index (χ4v) is 6.76. The van der Waals surface area contributed by atoms with Crippen LogP contribution in [0.1, 0.15) is 61.0 Å². The molecule has 190 valence electrons. The molecule has 35 heavy (non-hydrogen) atoms. The highest BCUT2D eigenvalue weighted by Gasteiger charge is 2.29. The minimum atomic E-state index is -3.62. The Balaban J connectivity index is 1.48. The van der Waals surface area contributed by atoms with Crippen molar-refractivity contribution in [3.8, 4) is 5.75 Å². The van der Waals surface area contributed by atoms with E-state index in [1.807, 2.05) is 12.1 Å². The molecule has 1 N–H and O–H groups in total. The summed E-state index contributed by atoms with van der Waals surface area (Å²) in [5, 5.41) is 3.07. The van der Waals surface area contributed by atoms with E-state index in [4.69, 9.17) is 4.74 Å². The molecule has 0 unspecified atom stereocenters. The number of nitrogens with zero attached hydrogens (tertiary/aromatic N) is 2. The first-order valence-corrected chi connectivity index (χ1v) is 14.1. The van der Waals surface area contributed by atoms with Gasteiger partial charge in [0.05, 0.1) is 18.0 Å². The molecule has 2 aliphatic rings. The van der Waals surface area contributed by atoms with E-state index in [-0.39, 0.29) is 16.8 Å². The number of carbonyl (C=O) groups excluding carboxylic acids is 1. The molecule has 0 radical (unpaired) electrons. The molecule has 2 heterocycles. The van der Waals surface area contributed by atoms with Crippen LogP contribution in [-0.4, -0.2) is 63.4 Å². The first-order chi connectivity index (χ1) is 16.9. The van der Waals surface area contributed by atoms with Crippen molar-refractivity contribution < 1.29 is 17.9 Å². The van der Waals surface area contributed by atoms with E-state index in [0.29, 0.717) is 31.1 Å². The van der Waals surface area contributed by atoms with Crippen LogP contribution in [0, 0.1) is 5.92 Å². The molecule has 2 saturated heterocycles. The van der Waals surface area contributed by atoms with E-state index in [9.17, 15) is 13.2 Å². The highest BCUT2D eigenvalue weighted by atomic mass is 32.2. The first-order valence-electron chi connectivity index (χ1n) is 12.6. The number of carbonyl (C=O) groups is 1. The molecule has 8 heteroatoms. The maximum atomic E-state index is 13.2. The lowest BCUT2D eigenvalue weighted by Gasteiger charge is -2.35. The summed E-state index contributed by atoms with van der Waals surface area (Å²) in [6, 6.07) is 14.5. The Morgan fingerprint density at radius 2 is 1.80 bits per heavy atom. The van der Waals surface area contributed by atoms with Crippen LogP contribution in [0.2, 0.25) is 0 Å². The molecule has 1 amide bonds. The third-order valence-electron chi connectivity index (χ3n) is 7.14. The summed E-state index contributed by atoms with van der Waals surface area (Å²) in [7, 11) is -1.97. The maximum absolute atomic E-state index is 13.2. The van der Waals surface area contributed by atoms with E-state index in [0.717, 1.165) is 50.1 Å². The molecule has 2 atom stereocenters. The van der Waals surface area contributed by atoms with Gasteiger partial charge in [-0.15, -0.1) is 0 Å². The van der Waals surface area contributed by atoms with Crippen molar-refractivity contribution >= 4 is 15.9 Å². The van der Waals surface area contributed by atoms with Crippen molar-refractivity contribution in [1.29, 1.82) is 0 Å². The van der Waals surface area contributed by atoms with Crippen molar-refractivity contribution in [1.82, 2.24) is 14.5 Å². The number of hydrogen-bond donors (Lipinski definition) is 1. The molecule has 0 aliphatic carbocycles. The number of ether oxygens (including phenoxy) is 1. The lowest BCUT2D eigenvalue weighted by Crippen LogP contribution is -2.40. The summed E-state index contributed by atoms with van der Waals surface area (Å²) >= 11 is 0. The number of hydrogen-bond acceptors (Lipinski definition) is 5. The number of sulfonamides is 1. The number of methoxy groups -OCH3 is 1. The van der Waals surface area contributed by atoms with Crippen molar-refractivity contribution in [2.45, 2.75) is 50.0 Å². The van der Waals surface area contributed by atoms with Gasteiger partial charge in [-0.3, -0.25) is 9.69 Å². The van der Waals surface area contributed by atoms with Crippen LogP contribution in [0.5, 0.6) is 5.75 Å². The Kier molecular flexibility index (Phi) is 8.46. The zero-order chi connectivity index (χ0) is 24.8. The standard InChI is InChI=1S/C27H37N3O4S/c1-21-8-7-17-30(20-21)35(32,33)25-10-6-9-23(18-25)27(31)28-19-26(29-15-4-3-5-16-29)22-11-13-24(34-2)14-12-22/h6,9-14,18,21,26H,3-5,7-8,15-17,19-20H2,1-2H3,(H,28,31)/t21-,26-/m1/s1. The summed E-state index contributed by atoms with van der Waals surface area (Å²) in [6.45, 7) is 5.57. The summed E-state index contributed by atoms with van der Waals surface area (Å²) < 4.78 is 33.2. The largest absolute Gasteiger partial charge is 0.497 e. The zero-order valence-corrected chi connectivity index (χ0v) is 21.6. The molecule has 4 rings (SSSR count). The van der Waals surface area contributed by atoms with Crippen LogP contribution in [0.4, 0.5) is 0 Å². The smallest absolute Gasteiger partial charge is 0.251 e. The van der Waals surface area contributed by atoms with Crippen LogP contribution in [0.15, 0.2) is 53.4 Å². The molecule has 0 spiro atoms. The summed E-state index contributed by atoms with van der Waals surface area (Å²) in [4.78, 5) is 15.7. The minimum Gasteiger partial charge on any atom is -0.497 e. The zero-order valence-electron chi connectivity index (χ0n) is 20.8. The van der Waals surface area contributed by atoms with Crippen LogP contribution in [-0.2, 0) is 10.0 Å². The van der Waals surface area contributed by atoms with Gasteiger partial charge in [-0.25, -0.2) is 8.42 Å². The van der Waals surface area contributed by atoms with Crippen molar-refractivity contribution in [2.75, 3.05) is 39.8 Å². The molecular formula is C27H37N3O4S. The quantitative estimate of drug-likeness (QED) is 0.592. The molecular weight excluding hydrogens is 462 g/mol. The highest BCUT2D eigenvalue weighted by molar-refractivity contribution is 7.89. The Labute approximate surface area is 209 Å². The second-order valence-electron chi connectivity index (χ2n) is 9.73. The van der Waals surface area contributed by atoms with E-state index >= 15 is 0 Å². The van der Waals surface area contributed by atoms with Crippen LogP contribution in [0.25, 0.3) is 0 Å². The average Bonchev–Trinajstić information content (AvgIpc) is 2.89. The van der Waals surface area contributed by atoms with Gasteiger partial charge < -0.3 is 10.1 Å². The molecule has 2 aromatic rings. The van der Waals surface area contributed by atoms with Gasteiger partial charge in [-0.2, -0.15) is 4.31 Å². The lowest BCUT2D eigenvalue weighted by atomic mass is 10.0. The summed E-state index contributed by atoms with van der Waals surface area (Å²) in [6.07, 6.45) is 5.44. The van der Waals surface area contributed by atoms with Gasteiger partial charge in [0, 0.05) is 25.2 Å². The van der Waals surface area contributed by atoms with Gasteiger partial charge in [-0.05, 0) is 80.6 Å². The lowest BCUT2D eigenvalue weighted by molar-refractivity contribution is 0.0924.